The van der Waals surface area contributed by atoms with Crippen molar-refractivity contribution in [2.24, 2.45) is 4.99 Å². The zero-order valence-corrected chi connectivity index (χ0v) is 16.8. The van der Waals surface area contributed by atoms with Crippen LogP contribution in [0.25, 0.3) is 0 Å². The van der Waals surface area contributed by atoms with Gasteiger partial charge in [-0.1, -0.05) is 37.3 Å². The molecule has 0 radical (unpaired) electrons. The maximum atomic E-state index is 10.3. The predicted octanol–water partition coefficient (Wildman–Crippen LogP) is 4.06. The number of rotatable bonds is 8. The van der Waals surface area contributed by atoms with Crippen LogP contribution in [0, 0.1) is 0 Å². The van der Waals surface area contributed by atoms with Crippen molar-refractivity contribution in [3.05, 3.63) is 59.7 Å². The summed E-state index contributed by atoms with van der Waals surface area (Å²) >= 11 is 0. The Morgan fingerprint density at radius 3 is 2.61 bits per heavy atom. The van der Waals surface area contributed by atoms with Crippen molar-refractivity contribution < 1.29 is 14.6 Å². The van der Waals surface area contributed by atoms with Crippen LogP contribution >= 0.6 is 0 Å². The lowest BCUT2D eigenvalue weighted by Gasteiger charge is -2.37. The third kappa shape index (κ3) is 5.33. The Morgan fingerprint density at radius 2 is 1.93 bits per heavy atom. The van der Waals surface area contributed by atoms with E-state index in [4.69, 9.17) is 14.5 Å². The van der Waals surface area contributed by atoms with Gasteiger partial charge in [0.2, 0.25) is 0 Å². The summed E-state index contributed by atoms with van der Waals surface area (Å²) in [5.74, 6) is 0.868. The molecular formula is C23H30N2O3. The number of ether oxygens (including phenoxy) is 2. The fraction of sp³-hybridized carbons (Fsp3) is 0.435. The Kier molecular flexibility index (Phi) is 7.46. The molecule has 1 fully saturated rings. The minimum absolute atomic E-state index is 0.0379. The molecule has 0 bridgehead atoms. The molecule has 1 saturated heterocycles. The first-order valence-electron chi connectivity index (χ1n) is 10.0. The molecule has 0 aliphatic carbocycles. The van der Waals surface area contributed by atoms with Crippen molar-refractivity contribution in [3.63, 3.8) is 0 Å². The van der Waals surface area contributed by atoms with E-state index < -0.39 is 0 Å². The average Bonchev–Trinajstić information content (AvgIpc) is 2.73. The highest BCUT2D eigenvalue weighted by Crippen LogP contribution is 2.28. The molecule has 1 aliphatic heterocycles. The molecule has 0 saturated carbocycles. The van der Waals surface area contributed by atoms with Crippen LogP contribution in [0.5, 0.6) is 11.5 Å². The third-order valence-electron chi connectivity index (χ3n) is 4.96. The fourth-order valence-electron chi connectivity index (χ4n) is 3.52. The number of morpholine rings is 1. The molecular weight excluding hydrogens is 352 g/mol. The number of aliphatic imine (C=N–C) groups is 1. The topological polar surface area (TPSA) is 54.3 Å². The second-order valence-corrected chi connectivity index (χ2v) is 7.09. The van der Waals surface area contributed by atoms with Crippen LogP contribution in [0.2, 0.25) is 0 Å². The maximum Gasteiger partial charge on any atom is 0.128 e. The quantitative estimate of drug-likeness (QED) is 0.700. The van der Waals surface area contributed by atoms with Crippen molar-refractivity contribution in [1.29, 1.82) is 0 Å². The van der Waals surface area contributed by atoms with E-state index in [0.29, 0.717) is 17.9 Å². The summed E-state index contributed by atoms with van der Waals surface area (Å²) in [5, 5.41) is 10.3. The van der Waals surface area contributed by atoms with Gasteiger partial charge < -0.3 is 14.6 Å². The van der Waals surface area contributed by atoms with Gasteiger partial charge in [-0.15, -0.1) is 0 Å². The van der Waals surface area contributed by atoms with Gasteiger partial charge in [0.05, 0.1) is 31.9 Å². The van der Waals surface area contributed by atoms with E-state index in [1.165, 1.54) is 5.56 Å². The number of phenolic OH excluding ortho intramolecular Hbond substituents is 1. The summed E-state index contributed by atoms with van der Waals surface area (Å²) in [4.78, 5) is 7.22. The molecule has 28 heavy (non-hydrogen) atoms. The lowest BCUT2D eigenvalue weighted by molar-refractivity contribution is 0.0119. The fourth-order valence-corrected chi connectivity index (χ4v) is 3.52. The van der Waals surface area contributed by atoms with E-state index in [1.807, 2.05) is 18.2 Å². The number of hydrogen-bond acceptors (Lipinski definition) is 5. The zero-order valence-electron chi connectivity index (χ0n) is 16.8. The van der Waals surface area contributed by atoms with Crippen molar-refractivity contribution in [2.75, 3.05) is 32.9 Å². The van der Waals surface area contributed by atoms with Crippen molar-refractivity contribution in [1.82, 2.24) is 4.90 Å². The van der Waals surface area contributed by atoms with Crippen LogP contribution in [0.15, 0.2) is 53.5 Å². The molecule has 1 heterocycles. The van der Waals surface area contributed by atoms with Gasteiger partial charge in [0.1, 0.15) is 11.5 Å². The lowest BCUT2D eigenvalue weighted by Crippen LogP contribution is -2.42. The lowest BCUT2D eigenvalue weighted by atomic mass is 9.98. The molecule has 0 spiro atoms. The van der Waals surface area contributed by atoms with Gasteiger partial charge in [-0.25, -0.2) is 0 Å². The molecule has 5 nitrogen and oxygen atoms in total. The first kappa shape index (κ1) is 20.4. The van der Waals surface area contributed by atoms with Crippen LogP contribution in [0.3, 0.4) is 0 Å². The molecule has 1 aliphatic rings. The van der Waals surface area contributed by atoms with Gasteiger partial charge in [0.25, 0.3) is 0 Å². The molecule has 2 atom stereocenters. The molecule has 5 heteroatoms. The highest BCUT2D eigenvalue weighted by Gasteiger charge is 2.27. The Balaban J connectivity index is 1.76. The van der Waals surface area contributed by atoms with Crippen LogP contribution in [-0.4, -0.2) is 55.2 Å². The molecule has 0 aromatic heterocycles. The number of benzene rings is 2. The maximum absolute atomic E-state index is 10.3. The van der Waals surface area contributed by atoms with E-state index in [2.05, 4.69) is 43.0 Å². The minimum atomic E-state index is 0.0379. The van der Waals surface area contributed by atoms with Crippen molar-refractivity contribution in [3.8, 4) is 11.5 Å². The van der Waals surface area contributed by atoms with Crippen molar-refractivity contribution >= 4 is 6.21 Å². The summed E-state index contributed by atoms with van der Waals surface area (Å²) in [6, 6.07) is 16.1. The summed E-state index contributed by atoms with van der Waals surface area (Å²) in [6.07, 6.45) is 2.70. The summed E-state index contributed by atoms with van der Waals surface area (Å²) in [6.45, 7) is 8.11. The summed E-state index contributed by atoms with van der Waals surface area (Å²) in [7, 11) is 0. The van der Waals surface area contributed by atoms with Crippen LogP contribution in [0.4, 0.5) is 0 Å². The zero-order chi connectivity index (χ0) is 19.8. The molecule has 0 unspecified atom stereocenters. The highest BCUT2D eigenvalue weighted by molar-refractivity contribution is 5.83. The molecule has 150 valence electrons. The van der Waals surface area contributed by atoms with Gasteiger partial charge in [0, 0.05) is 30.9 Å². The number of hydrogen-bond donors (Lipinski definition) is 1. The van der Waals surface area contributed by atoms with E-state index in [-0.39, 0.29) is 17.8 Å². The van der Waals surface area contributed by atoms with Crippen LogP contribution in [0.1, 0.15) is 37.4 Å². The second-order valence-electron chi connectivity index (χ2n) is 7.09. The van der Waals surface area contributed by atoms with Crippen LogP contribution in [-0.2, 0) is 4.74 Å². The predicted molar refractivity (Wildman–Crippen MR) is 113 cm³/mol. The molecule has 2 aromatic carbocycles. The molecule has 3 rings (SSSR count). The smallest absolute Gasteiger partial charge is 0.128 e. The summed E-state index contributed by atoms with van der Waals surface area (Å²) < 4.78 is 11.1. The number of aromatic hydroxyl groups is 1. The van der Waals surface area contributed by atoms with E-state index in [1.54, 1.807) is 12.3 Å². The largest absolute Gasteiger partial charge is 0.507 e. The number of phenols is 1. The average molecular weight is 383 g/mol. The standard InChI is InChI=1S/C23H30N2O3/c1-3-13-28-21-10-9-20(22(26)16-21)17-24-18(2)23(19-7-5-4-6-8-19)25-11-14-27-15-12-25/h4-10,16-18,23,26H,3,11-15H2,1-2H3/t18-,23+/m0/s1. The van der Waals surface area contributed by atoms with E-state index in [9.17, 15) is 5.11 Å². The SMILES string of the molecule is CCCOc1ccc(C=N[C@@H](C)[C@H](c2ccccc2)N2CCOCC2)c(O)c1. The highest BCUT2D eigenvalue weighted by atomic mass is 16.5. The first-order chi connectivity index (χ1) is 13.7. The molecule has 0 amide bonds. The molecule has 2 aromatic rings. The normalized spacial score (nSPS) is 17.5. The minimum Gasteiger partial charge on any atom is -0.507 e. The summed E-state index contributed by atoms with van der Waals surface area (Å²) in [5.41, 5.74) is 1.95. The molecule has 1 N–H and O–H groups in total. The van der Waals surface area contributed by atoms with Gasteiger partial charge in [-0.2, -0.15) is 0 Å². The van der Waals surface area contributed by atoms with Crippen molar-refractivity contribution in [2.45, 2.75) is 32.4 Å². The first-order valence-corrected chi connectivity index (χ1v) is 10.0. The van der Waals surface area contributed by atoms with Gasteiger partial charge in [-0.3, -0.25) is 9.89 Å². The van der Waals surface area contributed by atoms with Gasteiger partial charge >= 0.3 is 0 Å². The van der Waals surface area contributed by atoms with E-state index in [0.717, 1.165) is 32.7 Å². The number of nitrogens with zero attached hydrogens (tertiary/aromatic N) is 2. The van der Waals surface area contributed by atoms with Gasteiger partial charge in [0.15, 0.2) is 0 Å². The Labute approximate surface area is 167 Å². The monoisotopic (exact) mass is 382 g/mol. The Morgan fingerprint density at radius 1 is 1.18 bits per heavy atom. The van der Waals surface area contributed by atoms with E-state index >= 15 is 0 Å². The second kappa shape index (κ2) is 10.2. The Bertz CT molecular complexity index is 758. The van der Waals surface area contributed by atoms with Gasteiger partial charge in [-0.05, 0) is 31.0 Å². The third-order valence-corrected chi connectivity index (χ3v) is 4.96. The van der Waals surface area contributed by atoms with Crippen LogP contribution < -0.4 is 4.74 Å². The Hall–Kier alpha value is -2.37.